The van der Waals surface area contributed by atoms with Crippen LogP contribution in [-0.2, 0) is 0 Å². The number of nitrogens with one attached hydrogen (secondary N) is 1. The lowest BCUT2D eigenvalue weighted by Gasteiger charge is -2.44. The molecule has 2 fully saturated rings. The Bertz CT molecular complexity index is 947. The highest BCUT2D eigenvalue weighted by Gasteiger charge is 2.31. The lowest BCUT2D eigenvalue weighted by molar-refractivity contribution is -0.0658. The minimum absolute atomic E-state index is 0.00521. The van der Waals surface area contributed by atoms with Gasteiger partial charge in [0.2, 0.25) is 0 Å². The van der Waals surface area contributed by atoms with E-state index in [0.717, 1.165) is 13.1 Å². The van der Waals surface area contributed by atoms with E-state index >= 15 is 0 Å². The van der Waals surface area contributed by atoms with E-state index in [1.54, 1.807) is 19.0 Å². The van der Waals surface area contributed by atoms with Crippen molar-refractivity contribution in [1.29, 1.82) is 0 Å². The Balaban J connectivity index is 1.42. The second-order valence-electron chi connectivity index (χ2n) is 8.10. The normalized spacial score (nSPS) is 19.6. The standard InChI is InChI=1S/C20H25F4N5O/c1-26(2)20(30)27-7-9-29(10-8-27)28-5-3-12(4-6-28)13-11-25-19-14(13)15(21)16(22)17(23)18(19)24/h11-12,25H,3-10H2,1-2H3. The number of urea groups is 1. The van der Waals surface area contributed by atoms with Crippen LogP contribution in [0, 0.1) is 23.3 Å². The smallest absolute Gasteiger partial charge is 0.319 e. The first kappa shape index (κ1) is 20.9. The molecule has 0 saturated carbocycles. The summed E-state index contributed by atoms with van der Waals surface area (Å²) in [6.45, 7) is 4.20. The molecule has 2 amide bonds. The van der Waals surface area contributed by atoms with Gasteiger partial charge in [-0.25, -0.2) is 32.4 Å². The molecule has 30 heavy (non-hydrogen) atoms. The minimum atomic E-state index is -1.80. The van der Waals surface area contributed by atoms with Gasteiger partial charge in [0.15, 0.2) is 23.3 Å². The molecule has 2 aromatic rings. The van der Waals surface area contributed by atoms with Gasteiger partial charge in [0.1, 0.15) is 0 Å². The van der Waals surface area contributed by atoms with Gasteiger partial charge in [-0.1, -0.05) is 0 Å². The molecule has 4 rings (SSSR count). The Morgan fingerprint density at radius 2 is 1.47 bits per heavy atom. The van der Waals surface area contributed by atoms with Crippen molar-refractivity contribution in [2.45, 2.75) is 18.8 Å². The van der Waals surface area contributed by atoms with Crippen molar-refractivity contribution in [3.63, 3.8) is 0 Å². The van der Waals surface area contributed by atoms with E-state index in [1.165, 1.54) is 6.20 Å². The van der Waals surface area contributed by atoms with Crippen LogP contribution in [0.2, 0.25) is 0 Å². The Labute approximate surface area is 172 Å². The van der Waals surface area contributed by atoms with Crippen molar-refractivity contribution in [2.75, 3.05) is 53.4 Å². The molecule has 0 unspecified atom stereocenters. The Morgan fingerprint density at radius 1 is 0.900 bits per heavy atom. The van der Waals surface area contributed by atoms with Crippen LogP contribution in [0.25, 0.3) is 10.9 Å². The molecule has 0 spiro atoms. The summed E-state index contributed by atoms with van der Waals surface area (Å²) in [6, 6.07) is 0.00521. The molecule has 2 aliphatic heterocycles. The highest BCUT2D eigenvalue weighted by atomic mass is 19.2. The number of fused-ring (bicyclic) bond motifs is 1. The molecule has 1 N–H and O–H groups in total. The van der Waals surface area contributed by atoms with Crippen LogP contribution in [0.4, 0.5) is 22.4 Å². The largest absolute Gasteiger partial charge is 0.358 e. The second-order valence-corrected chi connectivity index (χ2v) is 8.10. The summed E-state index contributed by atoms with van der Waals surface area (Å²) in [5, 5.41) is 4.25. The number of aromatic nitrogens is 1. The van der Waals surface area contributed by atoms with Gasteiger partial charge in [0.05, 0.1) is 5.52 Å². The summed E-state index contributed by atoms with van der Waals surface area (Å²) < 4.78 is 55.6. The van der Waals surface area contributed by atoms with Crippen LogP contribution >= 0.6 is 0 Å². The Morgan fingerprint density at radius 3 is 2.07 bits per heavy atom. The number of piperidine rings is 1. The summed E-state index contributed by atoms with van der Waals surface area (Å²) >= 11 is 0. The number of piperazine rings is 1. The van der Waals surface area contributed by atoms with Gasteiger partial charge in [0.25, 0.3) is 0 Å². The third kappa shape index (κ3) is 3.51. The lowest BCUT2D eigenvalue weighted by atomic mass is 9.89. The fourth-order valence-electron chi connectivity index (χ4n) is 4.49. The number of nitrogens with zero attached hydrogens (tertiary/aromatic N) is 4. The number of hydrazine groups is 1. The van der Waals surface area contributed by atoms with Crippen LogP contribution in [0.15, 0.2) is 6.20 Å². The summed E-state index contributed by atoms with van der Waals surface area (Å²) in [4.78, 5) is 18.0. The molecular formula is C20H25F4N5O. The Hall–Kier alpha value is -2.33. The number of rotatable bonds is 2. The quantitative estimate of drug-likeness (QED) is 0.455. The van der Waals surface area contributed by atoms with Crippen LogP contribution in [0.3, 0.4) is 0 Å². The summed E-state index contributed by atoms with van der Waals surface area (Å²) in [7, 11) is 3.47. The van der Waals surface area contributed by atoms with Gasteiger partial charge in [-0.3, -0.25) is 0 Å². The zero-order chi connectivity index (χ0) is 21.6. The van der Waals surface area contributed by atoms with Crippen molar-refractivity contribution in [3.05, 3.63) is 35.0 Å². The maximum absolute atomic E-state index is 14.4. The predicted molar refractivity (Wildman–Crippen MR) is 104 cm³/mol. The molecule has 2 saturated heterocycles. The number of halogens is 4. The van der Waals surface area contributed by atoms with Gasteiger partial charge in [-0.2, -0.15) is 0 Å². The average Bonchev–Trinajstić information content (AvgIpc) is 3.21. The van der Waals surface area contributed by atoms with Gasteiger partial charge in [-0.15, -0.1) is 0 Å². The van der Waals surface area contributed by atoms with Gasteiger partial charge in [0, 0.05) is 64.9 Å². The van der Waals surface area contributed by atoms with Crippen molar-refractivity contribution in [2.24, 2.45) is 0 Å². The van der Waals surface area contributed by atoms with Crippen molar-refractivity contribution in [1.82, 2.24) is 24.8 Å². The maximum atomic E-state index is 14.4. The number of amides is 2. The minimum Gasteiger partial charge on any atom is -0.358 e. The molecule has 1 aromatic carbocycles. The monoisotopic (exact) mass is 427 g/mol. The predicted octanol–water partition coefficient (Wildman–Crippen LogP) is 3.12. The number of benzene rings is 1. The summed E-state index contributed by atoms with van der Waals surface area (Å²) in [6.07, 6.45) is 2.83. The summed E-state index contributed by atoms with van der Waals surface area (Å²) in [5.74, 6) is -6.38. The van der Waals surface area contributed by atoms with Crippen molar-refractivity contribution < 1.29 is 22.4 Å². The molecule has 0 radical (unpaired) electrons. The molecule has 0 aliphatic carbocycles. The van der Waals surface area contributed by atoms with E-state index in [-0.39, 0.29) is 22.9 Å². The van der Waals surface area contributed by atoms with Crippen LogP contribution in [0.1, 0.15) is 24.3 Å². The van der Waals surface area contributed by atoms with Gasteiger partial charge >= 0.3 is 6.03 Å². The maximum Gasteiger partial charge on any atom is 0.319 e. The number of H-pyrrole nitrogens is 1. The third-order valence-electron chi connectivity index (χ3n) is 6.15. The first-order valence-corrected chi connectivity index (χ1v) is 10.1. The molecular weight excluding hydrogens is 402 g/mol. The fraction of sp³-hybridized carbons (Fsp3) is 0.550. The molecule has 3 heterocycles. The number of hydrogen-bond donors (Lipinski definition) is 1. The van der Waals surface area contributed by atoms with E-state index in [9.17, 15) is 22.4 Å². The molecule has 164 valence electrons. The molecule has 1 aromatic heterocycles. The SMILES string of the molecule is CN(C)C(=O)N1CCN(N2CCC(c3c[nH]c4c(F)c(F)c(F)c(F)c34)CC2)CC1. The van der Waals surface area contributed by atoms with Crippen LogP contribution < -0.4 is 0 Å². The topological polar surface area (TPSA) is 45.8 Å². The number of carbonyl (C=O) groups excluding carboxylic acids is 1. The number of hydrogen-bond acceptors (Lipinski definition) is 3. The van der Waals surface area contributed by atoms with Crippen LogP contribution in [0.5, 0.6) is 0 Å². The first-order chi connectivity index (χ1) is 14.3. The van der Waals surface area contributed by atoms with Crippen molar-refractivity contribution >= 4 is 16.9 Å². The zero-order valence-corrected chi connectivity index (χ0v) is 17.0. The van der Waals surface area contributed by atoms with E-state index in [0.29, 0.717) is 44.6 Å². The number of aromatic amines is 1. The van der Waals surface area contributed by atoms with E-state index in [1.807, 2.05) is 4.90 Å². The van der Waals surface area contributed by atoms with Gasteiger partial charge < -0.3 is 14.8 Å². The Kier molecular flexibility index (Phi) is 5.63. The lowest BCUT2D eigenvalue weighted by Crippen LogP contribution is -2.57. The highest BCUT2D eigenvalue weighted by molar-refractivity contribution is 5.85. The molecule has 2 aliphatic rings. The molecule has 10 heteroatoms. The molecule has 0 atom stereocenters. The van der Waals surface area contributed by atoms with Crippen LogP contribution in [-0.4, -0.2) is 84.2 Å². The average molecular weight is 427 g/mol. The highest BCUT2D eigenvalue weighted by Crippen LogP contribution is 2.37. The zero-order valence-electron chi connectivity index (χ0n) is 17.0. The first-order valence-electron chi connectivity index (χ1n) is 10.1. The fourth-order valence-corrected chi connectivity index (χ4v) is 4.49. The van der Waals surface area contributed by atoms with E-state index in [2.05, 4.69) is 15.0 Å². The van der Waals surface area contributed by atoms with Crippen molar-refractivity contribution in [3.8, 4) is 0 Å². The van der Waals surface area contributed by atoms with Gasteiger partial charge in [-0.05, 0) is 24.3 Å². The third-order valence-corrected chi connectivity index (χ3v) is 6.15. The molecule has 0 bridgehead atoms. The molecule has 6 nitrogen and oxygen atoms in total. The van der Waals surface area contributed by atoms with E-state index < -0.39 is 23.3 Å². The number of carbonyl (C=O) groups is 1. The summed E-state index contributed by atoms with van der Waals surface area (Å²) in [5.41, 5.74) is 0.159. The van der Waals surface area contributed by atoms with E-state index in [4.69, 9.17) is 0 Å². The second kappa shape index (κ2) is 8.07.